The molecule has 25 heavy (non-hydrogen) atoms. The molecule has 8 heteroatoms. The lowest BCUT2D eigenvalue weighted by molar-refractivity contribution is -0.137. The van der Waals surface area contributed by atoms with E-state index in [0.717, 1.165) is 12.1 Å². The molecule has 0 aliphatic heterocycles. The van der Waals surface area contributed by atoms with Crippen molar-refractivity contribution in [2.45, 2.75) is 13.1 Å². The Morgan fingerprint density at radius 1 is 1.20 bits per heavy atom. The summed E-state index contributed by atoms with van der Waals surface area (Å²) < 4.78 is 49.3. The maximum atomic E-state index is 12.9. The molecule has 134 valence electrons. The minimum absolute atomic E-state index is 0.0462. The summed E-state index contributed by atoms with van der Waals surface area (Å²) in [6.45, 7) is 2.06. The number of ether oxygens (including phenoxy) is 2. The summed E-state index contributed by atoms with van der Waals surface area (Å²) in [5, 5.41) is 1.97. The second-order valence-corrected chi connectivity index (χ2v) is 5.32. The predicted molar refractivity (Wildman–Crippen MR) is 88.6 cm³/mol. The number of hydrogen-bond donors (Lipinski definition) is 1. The van der Waals surface area contributed by atoms with Crippen LogP contribution in [0.4, 0.5) is 18.9 Å². The first kappa shape index (κ1) is 18.9. The van der Waals surface area contributed by atoms with Crippen molar-refractivity contribution in [3.05, 3.63) is 52.5 Å². The third-order valence-corrected chi connectivity index (χ3v) is 3.59. The van der Waals surface area contributed by atoms with Crippen LogP contribution in [0.3, 0.4) is 0 Å². The fourth-order valence-corrected chi connectivity index (χ4v) is 2.42. The first-order valence-corrected chi connectivity index (χ1v) is 7.63. The first-order valence-electron chi connectivity index (χ1n) is 7.25. The molecule has 0 fully saturated rings. The Morgan fingerprint density at radius 3 is 2.48 bits per heavy atom. The van der Waals surface area contributed by atoms with Gasteiger partial charge in [0.1, 0.15) is 17.1 Å². The van der Waals surface area contributed by atoms with Gasteiger partial charge in [-0.15, -0.1) is 0 Å². The Labute approximate surface area is 147 Å². The highest BCUT2D eigenvalue weighted by Crippen LogP contribution is 2.36. The van der Waals surface area contributed by atoms with Crippen molar-refractivity contribution in [3.63, 3.8) is 0 Å². The van der Waals surface area contributed by atoms with Gasteiger partial charge in [0, 0.05) is 5.69 Å². The molecular weight excluding hydrogens is 359 g/mol. The molecule has 2 aromatic rings. The Kier molecular flexibility index (Phi) is 5.79. The van der Waals surface area contributed by atoms with Gasteiger partial charge in [0.05, 0.1) is 24.3 Å². The van der Waals surface area contributed by atoms with Crippen LogP contribution in [0, 0.1) is 0 Å². The Morgan fingerprint density at radius 2 is 1.88 bits per heavy atom. The van der Waals surface area contributed by atoms with E-state index in [1.54, 1.807) is 25.1 Å². The van der Waals surface area contributed by atoms with Gasteiger partial charge in [-0.25, -0.2) is 0 Å². The van der Waals surface area contributed by atoms with Crippen molar-refractivity contribution >= 4 is 23.2 Å². The van der Waals surface area contributed by atoms with Crippen molar-refractivity contribution in [1.29, 1.82) is 0 Å². The lowest BCUT2D eigenvalue weighted by Crippen LogP contribution is -2.16. The molecule has 1 amide bonds. The van der Waals surface area contributed by atoms with Crippen molar-refractivity contribution in [3.8, 4) is 11.5 Å². The predicted octanol–water partition coefficient (Wildman–Crippen LogP) is 5.02. The number of anilines is 1. The van der Waals surface area contributed by atoms with E-state index >= 15 is 0 Å². The number of methoxy groups -OCH3 is 1. The molecular formula is C17H15ClF3NO3. The van der Waals surface area contributed by atoms with Crippen molar-refractivity contribution in [2.24, 2.45) is 0 Å². The molecule has 0 heterocycles. The molecule has 0 aliphatic rings. The first-order chi connectivity index (χ1) is 11.8. The standard InChI is InChI=1S/C17H15ClF3NO3/c1-3-25-14-6-4-5-13(24-2)15(14)16(23)22-10-7-8-12(18)11(9-10)17(19,20)21/h4-9H,3H2,1-2H3,(H,22,23). The molecule has 0 aliphatic carbocycles. The van der Waals surface area contributed by atoms with Crippen molar-refractivity contribution in [2.75, 3.05) is 19.0 Å². The SMILES string of the molecule is CCOc1cccc(OC)c1C(=O)Nc1ccc(Cl)c(C(F)(F)F)c1. The molecule has 0 unspecified atom stereocenters. The largest absolute Gasteiger partial charge is 0.496 e. The van der Waals surface area contributed by atoms with Crippen LogP contribution in [-0.4, -0.2) is 19.6 Å². The Bertz CT molecular complexity index is 778. The molecule has 0 atom stereocenters. The minimum atomic E-state index is -4.63. The van der Waals surface area contributed by atoms with Gasteiger partial charge in [-0.2, -0.15) is 13.2 Å². The third-order valence-electron chi connectivity index (χ3n) is 3.26. The maximum Gasteiger partial charge on any atom is 0.417 e. The molecule has 2 rings (SSSR count). The van der Waals surface area contributed by atoms with Crippen LogP contribution in [0.5, 0.6) is 11.5 Å². The fourth-order valence-electron chi connectivity index (χ4n) is 2.19. The zero-order chi connectivity index (χ0) is 18.6. The van der Waals surface area contributed by atoms with E-state index in [4.69, 9.17) is 21.1 Å². The van der Waals surface area contributed by atoms with Gasteiger partial charge in [-0.3, -0.25) is 4.79 Å². The summed E-state index contributed by atoms with van der Waals surface area (Å²) in [6.07, 6.45) is -4.63. The maximum absolute atomic E-state index is 12.9. The van der Waals surface area contributed by atoms with Crippen LogP contribution in [0.2, 0.25) is 5.02 Å². The van der Waals surface area contributed by atoms with E-state index in [9.17, 15) is 18.0 Å². The Balaban J connectivity index is 2.38. The summed E-state index contributed by atoms with van der Waals surface area (Å²) in [7, 11) is 1.38. The number of halogens is 4. The number of nitrogens with one attached hydrogen (secondary N) is 1. The topological polar surface area (TPSA) is 47.6 Å². The van der Waals surface area contributed by atoms with Crippen molar-refractivity contribution in [1.82, 2.24) is 0 Å². The van der Waals surface area contributed by atoms with Gasteiger partial charge in [0.25, 0.3) is 5.91 Å². The summed E-state index contributed by atoms with van der Waals surface area (Å²) in [6, 6.07) is 7.90. The molecule has 0 saturated carbocycles. The smallest absolute Gasteiger partial charge is 0.417 e. The lowest BCUT2D eigenvalue weighted by Gasteiger charge is -2.15. The summed E-state index contributed by atoms with van der Waals surface area (Å²) in [5.41, 5.74) is -0.984. The molecule has 0 bridgehead atoms. The van der Waals surface area contributed by atoms with Crippen LogP contribution in [0.25, 0.3) is 0 Å². The average molecular weight is 374 g/mol. The van der Waals surface area contributed by atoms with Gasteiger partial charge < -0.3 is 14.8 Å². The lowest BCUT2D eigenvalue weighted by atomic mass is 10.1. The molecule has 0 spiro atoms. The molecule has 4 nitrogen and oxygen atoms in total. The zero-order valence-electron chi connectivity index (χ0n) is 13.4. The highest BCUT2D eigenvalue weighted by molar-refractivity contribution is 6.31. The second-order valence-electron chi connectivity index (χ2n) is 4.91. The number of hydrogen-bond acceptors (Lipinski definition) is 3. The molecule has 0 radical (unpaired) electrons. The number of amides is 1. The monoisotopic (exact) mass is 373 g/mol. The summed E-state index contributed by atoms with van der Waals surface area (Å²) in [5.74, 6) is -0.144. The average Bonchev–Trinajstić information content (AvgIpc) is 2.55. The molecule has 2 aromatic carbocycles. The van der Waals surface area contributed by atoms with Gasteiger partial charge in [-0.1, -0.05) is 17.7 Å². The van der Waals surface area contributed by atoms with Crippen LogP contribution < -0.4 is 14.8 Å². The summed E-state index contributed by atoms with van der Waals surface area (Å²) >= 11 is 5.58. The van der Waals surface area contributed by atoms with Gasteiger partial charge in [0.2, 0.25) is 0 Å². The van der Waals surface area contributed by atoms with E-state index < -0.39 is 22.7 Å². The molecule has 0 saturated heterocycles. The number of carbonyl (C=O) groups is 1. The molecule has 0 aromatic heterocycles. The normalized spacial score (nSPS) is 11.1. The quantitative estimate of drug-likeness (QED) is 0.800. The zero-order valence-corrected chi connectivity index (χ0v) is 14.2. The van der Waals surface area contributed by atoms with E-state index in [2.05, 4.69) is 5.32 Å². The van der Waals surface area contributed by atoms with E-state index in [-0.39, 0.29) is 22.7 Å². The van der Waals surface area contributed by atoms with E-state index in [1.807, 2.05) is 0 Å². The van der Waals surface area contributed by atoms with Gasteiger partial charge in [0.15, 0.2) is 0 Å². The van der Waals surface area contributed by atoms with Gasteiger partial charge in [-0.05, 0) is 37.3 Å². The number of benzene rings is 2. The van der Waals surface area contributed by atoms with Crippen LogP contribution in [0.1, 0.15) is 22.8 Å². The van der Waals surface area contributed by atoms with Crippen molar-refractivity contribution < 1.29 is 27.4 Å². The number of rotatable bonds is 5. The van der Waals surface area contributed by atoms with Crippen LogP contribution in [0.15, 0.2) is 36.4 Å². The summed E-state index contributed by atoms with van der Waals surface area (Å²) in [4.78, 5) is 12.6. The third kappa shape index (κ3) is 4.36. The molecule has 1 N–H and O–H groups in total. The highest BCUT2D eigenvalue weighted by Gasteiger charge is 2.33. The minimum Gasteiger partial charge on any atom is -0.496 e. The highest BCUT2D eigenvalue weighted by atomic mass is 35.5. The number of alkyl halides is 3. The Hall–Kier alpha value is -2.41. The number of carbonyl (C=O) groups excluding carboxylic acids is 1. The van der Waals surface area contributed by atoms with Crippen LogP contribution in [-0.2, 0) is 6.18 Å². The second kappa shape index (κ2) is 7.65. The fraction of sp³-hybridized carbons (Fsp3) is 0.235. The van der Waals surface area contributed by atoms with E-state index in [0.29, 0.717) is 6.61 Å². The van der Waals surface area contributed by atoms with E-state index in [1.165, 1.54) is 13.2 Å². The van der Waals surface area contributed by atoms with Crippen LogP contribution >= 0.6 is 11.6 Å². The van der Waals surface area contributed by atoms with Gasteiger partial charge >= 0.3 is 6.18 Å².